The van der Waals surface area contributed by atoms with Crippen molar-refractivity contribution in [2.45, 2.75) is 0 Å². The van der Waals surface area contributed by atoms with Crippen LogP contribution < -0.4 is 4.90 Å². The second kappa shape index (κ2) is 13.4. The van der Waals surface area contributed by atoms with Gasteiger partial charge in [0.2, 0.25) is 0 Å². The second-order valence-corrected chi connectivity index (χ2v) is 13.7. The lowest BCUT2D eigenvalue weighted by Gasteiger charge is -2.29. The molecule has 0 aliphatic carbocycles. The van der Waals surface area contributed by atoms with Crippen LogP contribution in [0.5, 0.6) is 0 Å². The fraction of sp³-hybridized carbons (Fsp3) is 0. The van der Waals surface area contributed by atoms with E-state index in [9.17, 15) is 0 Å². The lowest BCUT2D eigenvalue weighted by atomic mass is 9.96. The Morgan fingerprint density at radius 2 is 0.833 bits per heavy atom. The molecule has 0 fully saturated rings. The van der Waals surface area contributed by atoms with Gasteiger partial charge in [0, 0.05) is 27.6 Å². The maximum absolute atomic E-state index is 6.81. The van der Waals surface area contributed by atoms with Crippen LogP contribution in [0.2, 0.25) is 0 Å². The molecular weight excluding hydrogens is 655 g/mol. The molecule has 0 bridgehead atoms. The van der Waals surface area contributed by atoms with Crippen molar-refractivity contribution >= 4 is 49.6 Å². The molecule has 1 aromatic heterocycles. The number of rotatable bonds is 7. The molecule has 10 aromatic rings. The first-order valence-electron chi connectivity index (χ1n) is 18.4. The normalized spacial score (nSPS) is 11.3. The Morgan fingerprint density at radius 1 is 0.315 bits per heavy atom. The van der Waals surface area contributed by atoms with Crippen molar-refractivity contribution in [3.8, 4) is 44.7 Å². The lowest BCUT2D eigenvalue weighted by molar-refractivity contribution is 0.632. The van der Waals surface area contributed by atoms with Gasteiger partial charge in [0.25, 0.3) is 0 Å². The summed E-state index contributed by atoms with van der Waals surface area (Å²) < 4.78 is 6.81. The zero-order valence-corrected chi connectivity index (χ0v) is 29.6. The van der Waals surface area contributed by atoms with Gasteiger partial charge >= 0.3 is 0 Å². The summed E-state index contributed by atoms with van der Waals surface area (Å²) in [5.74, 6) is 0.853. The highest BCUT2D eigenvalue weighted by molar-refractivity contribution is 6.06. The first-order chi connectivity index (χ1) is 26.8. The molecule has 9 aromatic carbocycles. The Morgan fingerprint density at radius 3 is 1.61 bits per heavy atom. The molecule has 2 nitrogen and oxygen atoms in total. The summed E-state index contributed by atoms with van der Waals surface area (Å²) in [5.41, 5.74) is 12.1. The Labute approximate surface area is 314 Å². The average Bonchev–Trinajstić information content (AvgIpc) is 3.64. The fourth-order valence-electron chi connectivity index (χ4n) is 7.92. The maximum Gasteiger partial charge on any atom is 0.145 e. The largest absolute Gasteiger partial charge is 0.455 e. The molecule has 54 heavy (non-hydrogen) atoms. The predicted octanol–water partition coefficient (Wildman–Crippen LogP) is 14.9. The van der Waals surface area contributed by atoms with Crippen LogP contribution in [0.1, 0.15) is 0 Å². The van der Waals surface area contributed by atoms with Crippen molar-refractivity contribution < 1.29 is 4.42 Å². The fourth-order valence-corrected chi connectivity index (χ4v) is 7.92. The van der Waals surface area contributed by atoms with Crippen LogP contribution >= 0.6 is 0 Å². The summed E-state index contributed by atoms with van der Waals surface area (Å²) in [6.07, 6.45) is 0. The van der Waals surface area contributed by atoms with Gasteiger partial charge in [0.15, 0.2) is 0 Å². The lowest BCUT2D eigenvalue weighted by Crippen LogP contribution is -2.11. The van der Waals surface area contributed by atoms with E-state index in [0.29, 0.717) is 0 Å². The molecule has 0 radical (unpaired) electrons. The molecule has 1 heterocycles. The van der Waals surface area contributed by atoms with Crippen LogP contribution in [0, 0.1) is 0 Å². The quantitative estimate of drug-likeness (QED) is 0.166. The van der Waals surface area contributed by atoms with Crippen LogP contribution in [0.3, 0.4) is 0 Å². The minimum atomic E-state index is 0.853. The molecule has 0 atom stereocenters. The Balaban J connectivity index is 1.11. The van der Waals surface area contributed by atoms with E-state index in [1.54, 1.807) is 0 Å². The molecule has 0 unspecified atom stereocenters. The average molecular weight is 690 g/mol. The van der Waals surface area contributed by atoms with Crippen molar-refractivity contribution in [2.24, 2.45) is 0 Å². The van der Waals surface area contributed by atoms with Gasteiger partial charge in [-0.3, -0.25) is 0 Å². The summed E-state index contributed by atoms with van der Waals surface area (Å²) in [5, 5.41) is 5.99. The van der Waals surface area contributed by atoms with Crippen molar-refractivity contribution in [1.29, 1.82) is 0 Å². The topological polar surface area (TPSA) is 16.4 Å². The monoisotopic (exact) mass is 689 g/mol. The van der Waals surface area contributed by atoms with E-state index >= 15 is 0 Å². The van der Waals surface area contributed by atoms with Crippen LogP contribution in [-0.4, -0.2) is 0 Å². The van der Waals surface area contributed by atoms with E-state index in [2.05, 4.69) is 211 Å². The molecule has 0 saturated carbocycles. The first kappa shape index (κ1) is 31.6. The summed E-state index contributed by atoms with van der Waals surface area (Å²) in [6.45, 7) is 0. The third kappa shape index (κ3) is 5.53. The number of benzene rings is 9. The van der Waals surface area contributed by atoms with E-state index in [4.69, 9.17) is 4.42 Å². The molecule has 0 N–H and O–H groups in total. The molecule has 0 aliphatic heterocycles. The van der Waals surface area contributed by atoms with Gasteiger partial charge in [-0.2, -0.15) is 0 Å². The zero-order valence-electron chi connectivity index (χ0n) is 29.6. The number of furan rings is 1. The Hall–Kier alpha value is -7.16. The van der Waals surface area contributed by atoms with Gasteiger partial charge in [-0.25, -0.2) is 0 Å². The van der Waals surface area contributed by atoms with Crippen LogP contribution in [0.15, 0.2) is 217 Å². The minimum absolute atomic E-state index is 0.853. The Kier molecular flexibility index (Phi) is 7.85. The SMILES string of the molecule is c1ccc(-c2c(-c3ccccc3N(c3ccc(-c4ccc(-c5cccc6ccccc56)cc4)cc3)c3cccc4ccccc34)oc3ccccc23)cc1. The van der Waals surface area contributed by atoms with E-state index < -0.39 is 0 Å². The van der Waals surface area contributed by atoms with Crippen LogP contribution in [0.25, 0.3) is 77.2 Å². The molecule has 10 rings (SSSR count). The first-order valence-corrected chi connectivity index (χ1v) is 18.4. The van der Waals surface area contributed by atoms with Crippen molar-refractivity contribution in [1.82, 2.24) is 0 Å². The number of hydrogen-bond donors (Lipinski definition) is 0. The molecule has 0 saturated heterocycles. The van der Waals surface area contributed by atoms with Gasteiger partial charge < -0.3 is 9.32 Å². The second-order valence-electron chi connectivity index (χ2n) is 13.7. The van der Waals surface area contributed by atoms with Crippen molar-refractivity contribution in [3.63, 3.8) is 0 Å². The smallest absolute Gasteiger partial charge is 0.145 e. The van der Waals surface area contributed by atoms with Crippen molar-refractivity contribution in [2.75, 3.05) is 4.90 Å². The third-order valence-corrected chi connectivity index (χ3v) is 10.5. The van der Waals surface area contributed by atoms with Crippen LogP contribution in [-0.2, 0) is 0 Å². The van der Waals surface area contributed by atoms with Crippen LogP contribution in [0.4, 0.5) is 17.1 Å². The zero-order chi connectivity index (χ0) is 35.8. The van der Waals surface area contributed by atoms with E-state index in [1.807, 2.05) is 6.07 Å². The standard InChI is InChI=1S/C52H35NO/c1-2-16-41(17-3-1)51-47-23-9-11-27-50(47)54-52(51)46-22-8-10-25-49(46)53(48-26-13-19-39-15-5-7-21-45(39)48)42-34-32-37(33-35-42)36-28-30-40(31-29-36)44-24-12-18-38-14-4-6-20-43(38)44/h1-35H. The van der Waals surface area contributed by atoms with Crippen molar-refractivity contribution in [3.05, 3.63) is 212 Å². The highest BCUT2D eigenvalue weighted by Gasteiger charge is 2.24. The summed E-state index contributed by atoms with van der Waals surface area (Å²) in [6, 6.07) is 75.7. The number of hydrogen-bond acceptors (Lipinski definition) is 2. The Bertz CT molecular complexity index is 2910. The van der Waals surface area contributed by atoms with Gasteiger partial charge in [0.1, 0.15) is 11.3 Å². The highest BCUT2D eigenvalue weighted by atomic mass is 16.3. The van der Waals surface area contributed by atoms with Gasteiger partial charge in [-0.05, 0) is 80.4 Å². The van der Waals surface area contributed by atoms with E-state index in [-0.39, 0.29) is 0 Å². The molecule has 254 valence electrons. The maximum atomic E-state index is 6.81. The molecule has 0 amide bonds. The molecule has 2 heteroatoms. The molecule has 0 spiro atoms. The van der Waals surface area contributed by atoms with Gasteiger partial charge in [0.05, 0.1) is 11.4 Å². The summed E-state index contributed by atoms with van der Waals surface area (Å²) >= 11 is 0. The molecule has 0 aliphatic rings. The number of nitrogens with zero attached hydrogens (tertiary/aromatic N) is 1. The van der Waals surface area contributed by atoms with Gasteiger partial charge in [-0.1, -0.05) is 176 Å². The number of para-hydroxylation sites is 2. The summed E-state index contributed by atoms with van der Waals surface area (Å²) in [4.78, 5) is 2.38. The van der Waals surface area contributed by atoms with E-state index in [1.165, 1.54) is 38.2 Å². The summed E-state index contributed by atoms with van der Waals surface area (Å²) in [7, 11) is 0. The minimum Gasteiger partial charge on any atom is -0.455 e. The number of anilines is 3. The van der Waals surface area contributed by atoms with E-state index in [0.717, 1.165) is 56.0 Å². The highest BCUT2D eigenvalue weighted by Crippen LogP contribution is 2.48. The molecular formula is C52H35NO. The number of fused-ring (bicyclic) bond motifs is 3. The third-order valence-electron chi connectivity index (χ3n) is 10.5. The van der Waals surface area contributed by atoms with Gasteiger partial charge in [-0.15, -0.1) is 0 Å². The predicted molar refractivity (Wildman–Crippen MR) is 228 cm³/mol.